The van der Waals surface area contributed by atoms with Gasteiger partial charge in [0.15, 0.2) is 6.10 Å². The fourth-order valence-electron chi connectivity index (χ4n) is 8.13. The van der Waals surface area contributed by atoms with Crippen LogP contribution in [-0.2, 0) is 28.6 Å². The van der Waals surface area contributed by atoms with Crippen molar-refractivity contribution >= 4 is 17.9 Å². The van der Waals surface area contributed by atoms with Gasteiger partial charge in [0.1, 0.15) is 12.6 Å². The van der Waals surface area contributed by atoms with Gasteiger partial charge in [-0.15, -0.1) is 0 Å². The summed E-state index contributed by atoms with van der Waals surface area (Å²) >= 11 is 0. The van der Waals surface area contributed by atoms with Crippen molar-refractivity contribution in [3.63, 3.8) is 0 Å². The summed E-state index contributed by atoms with van der Waals surface area (Å²) in [6, 6.07) is -0.735. The molecule has 0 aromatic heterocycles. The molecule has 8 heteroatoms. The third kappa shape index (κ3) is 49.5. The molecule has 8 nitrogen and oxygen atoms in total. The molecule has 0 aromatic rings. The van der Waals surface area contributed by atoms with Gasteiger partial charge in [0.2, 0.25) is 0 Å². The van der Waals surface area contributed by atoms with Crippen LogP contribution < -0.4 is 5.11 Å². The predicted octanol–water partition coefficient (Wildman–Crippen LogP) is 15.9. The summed E-state index contributed by atoms with van der Waals surface area (Å²) in [7, 11) is 5.41. The second-order valence-electron chi connectivity index (χ2n) is 20.1. The minimum absolute atomic E-state index is 0.0301. The highest BCUT2D eigenvalue weighted by Gasteiger charge is 2.25. The first kappa shape index (κ1) is 66.5. The predicted molar refractivity (Wildman–Crippen MR) is 295 cm³/mol. The normalized spacial score (nSPS) is 13.4. The van der Waals surface area contributed by atoms with E-state index < -0.39 is 18.1 Å². The summed E-state index contributed by atoms with van der Waals surface area (Å²) < 4.78 is 17.3. The number of rotatable bonds is 51. The first-order chi connectivity index (χ1) is 34.1. The Morgan fingerprint density at radius 2 is 0.800 bits per heavy atom. The summed E-state index contributed by atoms with van der Waals surface area (Å²) in [5.41, 5.74) is 0. The van der Waals surface area contributed by atoms with E-state index in [0.717, 1.165) is 89.9 Å². The third-order valence-corrected chi connectivity index (χ3v) is 12.5. The van der Waals surface area contributed by atoms with Gasteiger partial charge < -0.3 is 28.6 Å². The van der Waals surface area contributed by atoms with Crippen LogP contribution in [0, 0.1) is 0 Å². The van der Waals surface area contributed by atoms with Crippen molar-refractivity contribution in [1.82, 2.24) is 0 Å². The number of nitrogens with zero attached hydrogens (tertiary/aromatic N) is 1. The lowest BCUT2D eigenvalue weighted by Gasteiger charge is -2.34. The Kier molecular flexibility index (Phi) is 49.3. The van der Waals surface area contributed by atoms with Crippen LogP contribution in [0.15, 0.2) is 85.1 Å². The van der Waals surface area contributed by atoms with Gasteiger partial charge in [-0.25, -0.2) is 0 Å². The van der Waals surface area contributed by atoms with Crippen molar-refractivity contribution in [3.05, 3.63) is 85.1 Å². The zero-order valence-electron chi connectivity index (χ0n) is 45.9. The molecule has 70 heavy (non-hydrogen) atoms. The Morgan fingerprint density at radius 3 is 1.19 bits per heavy atom. The number of quaternary nitrogens is 1. The minimum atomic E-state index is -1.13. The van der Waals surface area contributed by atoms with Crippen molar-refractivity contribution < 1.29 is 38.2 Å². The molecular formula is C62H107NO7. The maximum atomic E-state index is 12.8. The monoisotopic (exact) mass is 978 g/mol. The van der Waals surface area contributed by atoms with Gasteiger partial charge in [0.25, 0.3) is 0 Å². The van der Waals surface area contributed by atoms with Crippen molar-refractivity contribution in [3.8, 4) is 0 Å². The smallest absolute Gasteiger partial charge is 0.306 e. The number of hydrogen-bond acceptors (Lipinski definition) is 7. The molecule has 0 radical (unpaired) electrons. The molecule has 0 aliphatic rings. The highest BCUT2D eigenvalue weighted by molar-refractivity contribution is 5.70. The molecule has 0 saturated heterocycles. The van der Waals surface area contributed by atoms with Crippen LogP contribution in [0.1, 0.15) is 239 Å². The van der Waals surface area contributed by atoms with E-state index >= 15 is 0 Å². The molecule has 0 bridgehead atoms. The maximum absolute atomic E-state index is 12.8. The molecule has 0 aliphatic carbocycles. The largest absolute Gasteiger partial charge is 0.544 e. The van der Waals surface area contributed by atoms with E-state index in [0.29, 0.717) is 12.8 Å². The number of esters is 2. The summed E-state index contributed by atoms with van der Waals surface area (Å²) in [4.78, 5) is 37.2. The van der Waals surface area contributed by atoms with Crippen molar-refractivity contribution in [2.24, 2.45) is 0 Å². The van der Waals surface area contributed by atoms with Gasteiger partial charge in [-0.05, 0) is 89.9 Å². The Labute approximate surface area is 431 Å². The average Bonchev–Trinajstić information content (AvgIpc) is 3.33. The number of carboxylic acid groups (broad SMARTS) is 1. The van der Waals surface area contributed by atoms with Crippen LogP contribution in [0.5, 0.6) is 0 Å². The van der Waals surface area contributed by atoms with Gasteiger partial charge in [-0.1, -0.05) is 214 Å². The Morgan fingerprint density at radius 1 is 0.443 bits per heavy atom. The van der Waals surface area contributed by atoms with Crippen LogP contribution in [0.4, 0.5) is 0 Å². The van der Waals surface area contributed by atoms with E-state index in [4.69, 9.17) is 14.2 Å². The molecule has 0 aromatic carbocycles. The molecule has 0 heterocycles. The van der Waals surface area contributed by atoms with Gasteiger partial charge in [0, 0.05) is 19.3 Å². The second kappa shape index (κ2) is 51.9. The van der Waals surface area contributed by atoms with E-state index in [1.54, 1.807) is 21.1 Å². The minimum Gasteiger partial charge on any atom is -0.544 e. The molecule has 0 spiro atoms. The summed E-state index contributed by atoms with van der Waals surface area (Å²) in [5, 5.41) is 11.7. The van der Waals surface area contributed by atoms with Gasteiger partial charge in [-0.3, -0.25) is 9.59 Å². The number of aliphatic carboxylic acids is 1. The van der Waals surface area contributed by atoms with E-state index in [1.807, 2.05) is 0 Å². The topological polar surface area (TPSA) is 102 Å². The Balaban J connectivity index is 4.24. The highest BCUT2D eigenvalue weighted by Crippen LogP contribution is 2.15. The molecular weight excluding hydrogens is 871 g/mol. The van der Waals surface area contributed by atoms with Crippen LogP contribution in [0.2, 0.25) is 0 Å². The average molecular weight is 979 g/mol. The maximum Gasteiger partial charge on any atom is 0.306 e. The van der Waals surface area contributed by atoms with Crippen LogP contribution in [0.25, 0.3) is 0 Å². The van der Waals surface area contributed by atoms with Crippen LogP contribution in [0.3, 0.4) is 0 Å². The van der Waals surface area contributed by atoms with E-state index in [-0.39, 0.29) is 42.7 Å². The molecule has 0 N–H and O–H groups in total. The zero-order chi connectivity index (χ0) is 51.3. The third-order valence-electron chi connectivity index (χ3n) is 12.5. The number of unbranched alkanes of at least 4 members (excludes halogenated alkanes) is 23. The number of hydrogen-bond donors (Lipinski definition) is 0. The molecule has 0 rings (SSSR count). The molecule has 0 saturated carbocycles. The Hall–Kier alpha value is -3.49. The molecule has 0 amide bonds. The van der Waals surface area contributed by atoms with Gasteiger partial charge >= 0.3 is 11.9 Å². The summed E-state index contributed by atoms with van der Waals surface area (Å²) in [5.74, 6) is -1.76. The van der Waals surface area contributed by atoms with Crippen LogP contribution >= 0.6 is 0 Å². The quantitative estimate of drug-likeness (QED) is 0.0259. The van der Waals surface area contributed by atoms with E-state index in [1.165, 1.54) is 116 Å². The molecule has 0 fully saturated rings. The number of carbonyl (C=O) groups excluding carboxylic acids is 3. The molecule has 2 unspecified atom stereocenters. The molecule has 2 atom stereocenters. The van der Waals surface area contributed by atoms with Crippen molar-refractivity contribution in [2.45, 2.75) is 251 Å². The summed E-state index contributed by atoms with van der Waals surface area (Å²) in [6.07, 6.45) is 69.1. The van der Waals surface area contributed by atoms with Gasteiger partial charge in [-0.2, -0.15) is 0 Å². The molecule has 402 valence electrons. The number of likely N-dealkylation sites (N-methyl/N-ethyl adjacent to an activating group) is 1. The zero-order valence-corrected chi connectivity index (χ0v) is 45.9. The van der Waals surface area contributed by atoms with Crippen molar-refractivity contribution in [1.29, 1.82) is 0 Å². The van der Waals surface area contributed by atoms with Gasteiger partial charge in [0.05, 0.1) is 40.3 Å². The number of ether oxygens (including phenoxy) is 3. The number of allylic oxidation sites excluding steroid dienone is 14. The lowest BCUT2D eigenvalue weighted by molar-refractivity contribution is -0.889. The first-order valence-electron chi connectivity index (χ1n) is 28.6. The molecule has 0 aliphatic heterocycles. The lowest BCUT2D eigenvalue weighted by Crippen LogP contribution is -2.55. The standard InChI is InChI=1S/C62H107NO7/c1-6-8-10-12-14-16-18-20-22-24-26-28-30-32-34-36-38-40-42-44-46-48-50-52-60(64)69-57-58(56-68-55-54-59(62(66)67)63(3,4)5)70-61(65)53-51-49-47-45-43-41-39-37-35-33-31-29-27-25-23-21-19-17-15-13-11-9-7-2/h8,10,14,16,20,22,26-29,32-35,58-59H,6-7,9,11-13,15,17-19,21,23-25,30-31,36-57H2,1-5H3/b10-8+,16-14+,22-20+,28-26+,29-27+,34-32+,35-33+. The Bertz CT molecular complexity index is 1420. The fraction of sp³-hybridized carbons (Fsp3) is 0.726. The van der Waals surface area contributed by atoms with Crippen LogP contribution in [-0.4, -0.2) is 75.5 Å². The lowest BCUT2D eigenvalue weighted by atomic mass is 10.1. The van der Waals surface area contributed by atoms with E-state index in [2.05, 4.69) is 98.9 Å². The highest BCUT2D eigenvalue weighted by atomic mass is 16.6. The number of carboxylic acids is 1. The van der Waals surface area contributed by atoms with Crippen molar-refractivity contribution in [2.75, 3.05) is 41.0 Å². The fourth-order valence-corrected chi connectivity index (χ4v) is 8.13. The second-order valence-corrected chi connectivity index (χ2v) is 20.1. The first-order valence-corrected chi connectivity index (χ1v) is 28.6. The summed E-state index contributed by atoms with van der Waals surface area (Å²) in [6.45, 7) is 4.55. The SMILES string of the molecule is CC/C=C/C/C=C/C/C=C/C/C=C/C/C=C/CCCCCCCCCC(=O)OCC(COCCC(C(=O)[O-])[N+](C)(C)C)OC(=O)CCCCCCCCC/C=C/C/C=C/CCCCCCCCCCC. The van der Waals surface area contributed by atoms with E-state index in [9.17, 15) is 19.5 Å². The number of carbonyl (C=O) groups is 3.